The van der Waals surface area contributed by atoms with E-state index in [2.05, 4.69) is 54.2 Å². The van der Waals surface area contributed by atoms with Gasteiger partial charge < -0.3 is 9.47 Å². The molecule has 0 radical (unpaired) electrons. The zero-order valence-electron chi connectivity index (χ0n) is 14.5. The lowest BCUT2D eigenvalue weighted by molar-refractivity contribution is 0.114. The maximum Gasteiger partial charge on any atom is 0.250 e. The second-order valence-electron chi connectivity index (χ2n) is 7.45. The SMILES string of the molecule is CN(C)c1ccc(CN2C[C@@H]3C[C@H](C2)c2cccc(=O)n2C3)cc1. The third kappa shape index (κ3) is 2.86. The van der Waals surface area contributed by atoms with Gasteiger partial charge in [-0.1, -0.05) is 18.2 Å². The van der Waals surface area contributed by atoms with E-state index in [1.807, 2.05) is 10.6 Å². The van der Waals surface area contributed by atoms with E-state index in [4.69, 9.17) is 0 Å². The van der Waals surface area contributed by atoms with Crippen LogP contribution in [0.4, 0.5) is 5.69 Å². The molecule has 2 aliphatic heterocycles. The molecular weight excluding hydrogens is 298 g/mol. The lowest BCUT2D eigenvalue weighted by Crippen LogP contribution is -2.46. The fraction of sp³-hybridized carbons (Fsp3) is 0.450. The maximum atomic E-state index is 12.1. The Morgan fingerprint density at radius 1 is 1.04 bits per heavy atom. The van der Waals surface area contributed by atoms with Gasteiger partial charge in [-0.15, -0.1) is 0 Å². The number of nitrogens with zero attached hydrogens (tertiary/aromatic N) is 3. The first-order valence-corrected chi connectivity index (χ1v) is 8.78. The molecule has 0 N–H and O–H groups in total. The molecule has 126 valence electrons. The van der Waals surface area contributed by atoms with Crippen molar-refractivity contribution in [1.82, 2.24) is 9.47 Å². The van der Waals surface area contributed by atoms with Gasteiger partial charge in [-0.2, -0.15) is 0 Å². The van der Waals surface area contributed by atoms with Crippen molar-refractivity contribution in [2.24, 2.45) is 5.92 Å². The smallest absolute Gasteiger partial charge is 0.250 e. The summed E-state index contributed by atoms with van der Waals surface area (Å²) in [5.74, 6) is 1.09. The molecular formula is C20H25N3O. The lowest BCUT2D eigenvalue weighted by Gasteiger charge is -2.42. The molecule has 1 aromatic heterocycles. The highest BCUT2D eigenvalue weighted by molar-refractivity contribution is 5.46. The fourth-order valence-corrected chi connectivity index (χ4v) is 4.28. The van der Waals surface area contributed by atoms with E-state index < -0.39 is 0 Å². The summed E-state index contributed by atoms with van der Waals surface area (Å²) in [6, 6.07) is 14.6. The Bertz CT molecular complexity index is 778. The molecule has 0 aliphatic carbocycles. The van der Waals surface area contributed by atoms with Crippen molar-refractivity contribution in [1.29, 1.82) is 0 Å². The third-order valence-electron chi connectivity index (χ3n) is 5.41. The van der Waals surface area contributed by atoms with Crippen LogP contribution in [-0.2, 0) is 13.1 Å². The Morgan fingerprint density at radius 3 is 2.58 bits per heavy atom. The average molecular weight is 323 g/mol. The molecule has 2 aromatic rings. The van der Waals surface area contributed by atoms with Crippen molar-refractivity contribution in [3.63, 3.8) is 0 Å². The highest BCUT2D eigenvalue weighted by atomic mass is 16.1. The Morgan fingerprint density at radius 2 is 1.83 bits per heavy atom. The minimum atomic E-state index is 0.162. The van der Waals surface area contributed by atoms with Crippen molar-refractivity contribution < 1.29 is 0 Å². The Labute approximate surface area is 143 Å². The Balaban J connectivity index is 1.51. The number of hydrogen-bond donors (Lipinski definition) is 0. The van der Waals surface area contributed by atoms with Crippen LogP contribution < -0.4 is 10.5 Å². The zero-order chi connectivity index (χ0) is 16.7. The van der Waals surface area contributed by atoms with Crippen molar-refractivity contribution in [2.75, 3.05) is 32.1 Å². The van der Waals surface area contributed by atoms with Gasteiger partial charge in [0.25, 0.3) is 5.56 Å². The standard InChI is InChI=1S/C20H25N3O/c1-21(2)18-8-6-15(7-9-18)11-22-12-16-10-17(14-22)19-4-3-5-20(24)23(19)13-16/h3-9,16-17H,10-14H2,1-2H3/t16-,17+/m0/s1. The minimum absolute atomic E-state index is 0.162. The number of aromatic nitrogens is 1. The van der Waals surface area contributed by atoms with Gasteiger partial charge in [-0.25, -0.2) is 0 Å². The molecule has 0 unspecified atom stereocenters. The molecule has 2 bridgehead atoms. The van der Waals surface area contributed by atoms with Crippen LogP contribution in [0.2, 0.25) is 0 Å². The lowest BCUT2D eigenvalue weighted by atomic mass is 9.83. The number of likely N-dealkylation sites (tertiary alicyclic amines) is 1. The highest BCUT2D eigenvalue weighted by Gasteiger charge is 2.34. The Kier molecular flexibility index (Phi) is 3.93. The van der Waals surface area contributed by atoms with Crippen molar-refractivity contribution in [2.45, 2.75) is 25.4 Å². The monoisotopic (exact) mass is 323 g/mol. The van der Waals surface area contributed by atoms with Crippen molar-refractivity contribution in [3.8, 4) is 0 Å². The number of piperidine rings is 1. The van der Waals surface area contributed by atoms with Crippen LogP contribution in [0.3, 0.4) is 0 Å². The summed E-state index contributed by atoms with van der Waals surface area (Å²) in [4.78, 5) is 16.8. The largest absolute Gasteiger partial charge is 0.378 e. The Hall–Kier alpha value is -2.07. The van der Waals surface area contributed by atoms with Crippen molar-refractivity contribution in [3.05, 3.63) is 64.1 Å². The number of rotatable bonds is 3. The second-order valence-corrected chi connectivity index (χ2v) is 7.45. The third-order valence-corrected chi connectivity index (χ3v) is 5.41. The van der Waals surface area contributed by atoms with E-state index >= 15 is 0 Å². The van der Waals surface area contributed by atoms with E-state index in [1.54, 1.807) is 6.07 Å². The molecule has 0 saturated carbocycles. The summed E-state index contributed by atoms with van der Waals surface area (Å²) >= 11 is 0. The van der Waals surface area contributed by atoms with Gasteiger partial charge in [0.1, 0.15) is 0 Å². The van der Waals surface area contributed by atoms with Crippen LogP contribution in [-0.4, -0.2) is 36.7 Å². The van der Waals surface area contributed by atoms with Gasteiger partial charge in [0.2, 0.25) is 0 Å². The minimum Gasteiger partial charge on any atom is -0.378 e. The van der Waals surface area contributed by atoms with Gasteiger partial charge >= 0.3 is 0 Å². The number of fused-ring (bicyclic) bond motifs is 4. The van der Waals surface area contributed by atoms with Crippen LogP contribution in [0.5, 0.6) is 0 Å². The summed E-state index contributed by atoms with van der Waals surface area (Å²) in [5, 5.41) is 0. The first kappa shape index (κ1) is 15.5. The molecule has 24 heavy (non-hydrogen) atoms. The molecule has 1 fully saturated rings. The molecule has 4 heteroatoms. The first-order valence-electron chi connectivity index (χ1n) is 8.78. The number of hydrogen-bond acceptors (Lipinski definition) is 3. The van der Waals surface area contributed by atoms with Gasteiger partial charge in [0.05, 0.1) is 0 Å². The van der Waals surface area contributed by atoms with E-state index in [-0.39, 0.29) is 5.56 Å². The van der Waals surface area contributed by atoms with Gasteiger partial charge in [0.15, 0.2) is 0 Å². The molecule has 0 spiro atoms. The number of pyridine rings is 1. The molecule has 0 amide bonds. The topological polar surface area (TPSA) is 28.5 Å². The summed E-state index contributed by atoms with van der Waals surface area (Å²) in [6.07, 6.45) is 1.22. The zero-order valence-corrected chi connectivity index (χ0v) is 14.5. The van der Waals surface area contributed by atoms with E-state index in [0.717, 1.165) is 26.2 Å². The number of anilines is 1. The fourth-order valence-electron chi connectivity index (χ4n) is 4.28. The van der Waals surface area contributed by atoms with Crippen LogP contribution in [0.15, 0.2) is 47.3 Å². The maximum absolute atomic E-state index is 12.1. The van der Waals surface area contributed by atoms with Crippen LogP contribution in [0, 0.1) is 5.92 Å². The van der Waals surface area contributed by atoms with E-state index in [1.165, 1.54) is 23.4 Å². The predicted octanol–water partition coefficient (Wildman–Crippen LogP) is 2.53. The van der Waals surface area contributed by atoms with Crippen LogP contribution in [0.1, 0.15) is 23.6 Å². The first-order chi connectivity index (χ1) is 11.6. The summed E-state index contributed by atoms with van der Waals surface area (Å²) in [6.45, 7) is 4.02. The highest BCUT2D eigenvalue weighted by Crippen LogP contribution is 2.35. The molecule has 4 nitrogen and oxygen atoms in total. The quantitative estimate of drug-likeness (QED) is 0.869. The average Bonchev–Trinajstić information content (AvgIpc) is 2.56. The molecule has 1 aromatic carbocycles. The molecule has 3 heterocycles. The van der Waals surface area contributed by atoms with Crippen LogP contribution >= 0.6 is 0 Å². The molecule has 4 rings (SSSR count). The van der Waals surface area contributed by atoms with E-state index in [0.29, 0.717) is 11.8 Å². The van der Waals surface area contributed by atoms with Gasteiger partial charge in [-0.05, 0) is 36.1 Å². The van der Waals surface area contributed by atoms with Crippen LogP contribution in [0.25, 0.3) is 0 Å². The number of benzene rings is 1. The van der Waals surface area contributed by atoms with Gasteiger partial charge in [-0.3, -0.25) is 9.69 Å². The van der Waals surface area contributed by atoms with E-state index in [9.17, 15) is 4.79 Å². The summed E-state index contributed by atoms with van der Waals surface area (Å²) in [7, 11) is 4.14. The predicted molar refractivity (Wildman–Crippen MR) is 97.6 cm³/mol. The molecule has 2 aliphatic rings. The molecule has 1 saturated heterocycles. The van der Waals surface area contributed by atoms with Crippen molar-refractivity contribution >= 4 is 5.69 Å². The molecule has 2 atom stereocenters. The van der Waals surface area contributed by atoms with Gasteiger partial charge in [0, 0.05) is 63.6 Å². The summed E-state index contributed by atoms with van der Waals surface area (Å²) in [5.41, 5.74) is 4.00. The normalized spacial score (nSPS) is 22.9. The second kappa shape index (κ2) is 6.10. The summed E-state index contributed by atoms with van der Waals surface area (Å²) < 4.78 is 2.00.